The molecule has 3 amide bonds. The number of nitrogens with one attached hydrogen (secondary N) is 3. The number of nitrogens with zero attached hydrogens (tertiary/aromatic N) is 3. The minimum atomic E-state index is -0.307. The number of ether oxygens (including phenoxy) is 2. The summed E-state index contributed by atoms with van der Waals surface area (Å²) in [4.78, 5) is 29.5. The van der Waals surface area contributed by atoms with Gasteiger partial charge in [0.15, 0.2) is 0 Å². The lowest BCUT2D eigenvalue weighted by Crippen LogP contribution is -2.36. The van der Waals surface area contributed by atoms with Gasteiger partial charge < -0.3 is 20.1 Å². The van der Waals surface area contributed by atoms with Gasteiger partial charge in [0.1, 0.15) is 30.1 Å². The molecule has 0 saturated heterocycles. The SMILES string of the molecule is COCC(=O)Nc1cc(OC2CCC(NC(=O)Nc3cc(C(C)(C)C)nn3-c3ccc(C)cc3)c3ccccc32)ccn1. The predicted octanol–water partition coefficient (Wildman–Crippen LogP) is 6.23. The molecule has 4 aromatic rings. The molecule has 0 radical (unpaired) electrons. The molecule has 1 aliphatic carbocycles. The highest BCUT2D eigenvalue weighted by Crippen LogP contribution is 2.39. The Balaban J connectivity index is 1.31. The van der Waals surface area contributed by atoms with Crippen LogP contribution < -0.4 is 20.7 Å². The summed E-state index contributed by atoms with van der Waals surface area (Å²) in [6.07, 6.45) is 2.74. The Kier molecular flexibility index (Phi) is 8.77. The number of methoxy groups -OCH3 is 1. The van der Waals surface area contributed by atoms with Crippen LogP contribution in [0.5, 0.6) is 5.75 Å². The number of hydrogen-bond acceptors (Lipinski definition) is 6. The maximum atomic E-state index is 13.4. The van der Waals surface area contributed by atoms with Crippen LogP contribution in [0.1, 0.15) is 68.1 Å². The Bertz CT molecular complexity index is 1590. The van der Waals surface area contributed by atoms with Gasteiger partial charge in [0, 0.05) is 30.9 Å². The van der Waals surface area contributed by atoms with Crippen molar-refractivity contribution in [1.29, 1.82) is 0 Å². The Labute approximate surface area is 251 Å². The summed E-state index contributed by atoms with van der Waals surface area (Å²) in [5, 5.41) is 13.7. The van der Waals surface area contributed by atoms with E-state index in [2.05, 4.69) is 41.7 Å². The molecule has 5 rings (SSSR count). The molecule has 2 unspecified atom stereocenters. The van der Waals surface area contributed by atoms with Crippen LogP contribution in [0.2, 0.25) is 0 Å². The lowest BCUT2D eigenvalue weighted by Gasteiger charge is -2.32. The van der Waals surface area contributed by atoms with Gasteiger partial charge in [0.25, 0.3) is 5.91 Å². The van der Waals surface area contributed by atoms with E-state index < -0.39 is 0 Å². The monoisotopic (exact) mass is 582 g/mol. The zero-order chi connectivity index (χ0) is 30.6. The number of aryl methyl sites for hydroxylation is 1. The fraction of sp³-hybridized carbons (Fsp3) is 0.333. The molecule has 2 atom stereocenters. The molecule has 10 heteroatoms. The Morgan fingerprint density at radius 3 is 2.44 bits per heavy atom. The van der Waals surface area contributed by atoms with E-state index in [4.69, 9.17) is 14.6 Å². The molecule has 0 aliphatic heterocycles. The topological polar surface area (TPSA) is 119 Å². The zero-order valence-corrected chi connectivity index (χ0v) is 25.2. The number of benzene rings is 2. The Morgan fingerprint density at radius 1 is 0.977 bits per heavy atom. The van der Waals surface area contributed by atoms with Gasteiger partial charge in [-0.1, -0.05) is 62.7 Å². The second-order valence-corrected chi connectivity index (χ2v) is 11.7. The van der Waals surface area contributed by atoms with E-state index in [1.54, 1.807) is 23.0 Å². The van der Waals surface area contributed by atoms with E-state index in [9.17, 15) is 9.59 Å². The molecular formula is C33H38N6O4. The van der Waals surface area contributed by atoms with Crippen LogP contribution in [0.3, 0.4) is 0 Å². The van der Waals surface area contributed by atoms with Crippen LogP contribution in [-0.2, 0) is 14.9 Å². The van der Waals surface area contributed by atoms with Crippen molar-refractivity contribution in [3.05, 3.63) is 95.3 Å². The van der Waals surface area contributed by atoms with E-state index in [1.165, 1.54) is 7.11 Å². The second-order valence-electron chi connectivity index (χ2n) is 11.7. The van der Waals surface area contributed by atoms with Gasteiger partial charge in [-0.15, -0.1) is 0 Å². The number of aromatic nitrogens is 3. The summed E-state index contributed by atoms with van der Waals surface area (Å²) in [5.41, 5.74) is 4.71. The van der Waals surface area contributed by atoms with Gasteiger partial charge >= 0.3 is 6.03 Å². The standard InChI is InChI=1S/C33H38N6O4/c1-21-10-12-22(13-11-21)39-30(19-28(38-39)33(2,3)4)37-32(41)35-26-14-15-27(25-9-7-6-8-24(25)26)43-23-16-17-34-29(18-23)36-31(40)20-42-5/h6-13,16-19,26-27H,14-15,20H2,1-5H3,(H,34,36,40)(H2,35,37,41). The maximum Gasteiger partial charge on any atom is 0.320 e. The molecule has 43 heavy (non-hydrogen) atoms. The quantitative estimate of drug-likeness (QED) is 0.226. The fourth-order valence-electron chi connectivity index (χ4n) is 5.08. The maximum absolute atomic E-state index is 13.4. The van der Waals surface area contributed by atoms with Crippen LogP contribution in [0.25, 0.3) is 5.69 Å². The van der Waals surface area contributed by atoms with Gasteiger partial charge in [0.05, 0.1) is 17.4 Å². The van der Waals surface area contributed by atoms with Crippen molar-refractivity contribution in [3.8, 4) is 11.4 Å². The first-order valence-electron chi connectivity index (χ1n) is 14.4. The van der Waals surface area contributed by atoms with E-state index in [0.717, 1.165) is 28.1 Å². The lowest BCUT2D eigenvalue weighted by atomic mass is 9.85. The highest BCUT2D eigenvalue weighted by atomic mass is 16.5. The molecule has 224 valence electrons. The number of urea groups is 1. The minimum Gasteiger partial charge on any atom is -0.486 e. The molecule has 10 nitrogen and oxygen atoms in total. The van der Waals surface area contributed by atoms with Crippen molar-refractivity contribution >= 4 is 23.6 Å². The van der Waals surface area contributed by atoms with E-state index >= 15 is 0 Å². The van der Waals surface area contributed by atoms with Crippen molar-refractivity contribution in [2.75, 3.05) is 24.4 Å². The number of rotatable bonds is 8. The van der Waals surface area contributed by atoms with Crippen molar-refractivity contribution in [2.45, 2.75) is 58.1 Å². The summed E-state index contributed by atoms with van der Waals surface area (Å²) in [7, 11) is 1.46. The van der Waals surface area contributed by atoms with Gasteiger partial charge in [-0.05, 0) is 49.1 Å². The molecule has 1 aliphatic rings. The number of carbonyl (C=O) groups excluding carboxylic acids is 2. The summed E-state index contributed by atoms with van der Waals surface area (Å²) >= 11 is 0. The predicted molar refractivity (Wildman–Crippen MR) is 166 cm³/mol. The van der Waals surface area contributed by atoms with Crippen LogP contribution in [0, 0.1) is 6.92 Å². The summed E-state index contributed by atoms with van der Waals surface area (Å²) < 4.78 is 13.0. The molecule has 3 N–H and O–H groups in total. The molecule has 0 fully saturated rings. The van der Waals surface area contributed by atoms with Gasteiger partial charge in [-0.2, -0.15) is 5.10 Å². The van der Waals surface area contributed by atoms with Crippen LogP contribution in [0.15, 0.2) is 72.9 Å². The smallest absolute Gasteiger partial charge is 0.320 e. The average molecular weight is 583 g/mol. The minimum absolute atomic E-state index is 0.0588. The summed E-state index contributed by atoms with van der Waals surface area (Å²) in [5.74, 6) is 1.28. The number of pyridine rings is 1. The third-order valence-electron chi connectivity index (χ3n) is 7.29. The average Bonchev–Trinajstić information content (AvgIpc) is 3.39. The Hall–Kier alpha value is -4.70. The molecule has 0 spiro atoms. The third-order valence-corrected chi connectivity index (χ3v) is 7.29. The van der Waals surface area contributed by atoms with E-state index in [-0.39, 0.29) is 36.1 Å². The first kappa shape index (κ1) is 29.8. The molecule has 2 aromatic carbocycles. The molecule has 2 aromatic heterocycles. The van der Waals surface area contributed by atoms with Crippen molar-refractivity contribution in [3.63, 3.8) is 0 Å². The zero-order valence-electron chi connectivity index (χ0n) is 25.2. The largest absolute Gasteiger partial charge is 0.486 e. The first-order chi connectivity index (χ1) is 20.6. The lowest BCUT2D eigenvalue weighted by molar-refractivity contribution is -0.119. The normalized spacial score (nSPS) is 16.2. The third kappa shape index (κ3) is 7.21. The molecular weight excluding hydrogens is 544 g/mol. The number of hydrogen-bond donors (Lipinski definition) is 3. The molecule has 0 bridgehead atoms. The number of amides is 3. The number of anilines is 2. The molecule has 0 saturated carbocycles. The van der Waals surface area contributed by atoms with E-state index in [1.807, 2.05) is 61.5 Å². The highest BCUT2D eigenvalue weighted by Gasteiger charge is 2.30. The second kappa shape index (κ2) is 12.7. The van der Waals surface area contributed by atoms with Gasteiger partial charge in [-0.3, -0.25) is 10.1 Å². The van der Waals surface area contributed by atoms with Crippen LogP contribution >= 0.6 is 0 Å². The van der Waals surface area contributed by atoms with Crippen LogP contribution in [-0.4, -0.2) is 40.4 Å². The van der Waals surface area contributed by atoms with E-state index in [0.29, 0.717) is 30.2 Å². The number of carbonyl (C=O) groups is 2. The first-order valence-corrected chi connectivity index (χ1v) is 14.4. The van der Waals surface area contributed by atoms with Gasteiger partial charge in [-0.25, -0.2) is 14.5 Å². The van der Waals surface area contributed by atoms with Crippen LogP contribution in [0.4, 0.5) is 16.4 Å². The number of fused-ring (bicyclic) bond motifs is 1. The van der Waals surface area contributed by atoms with Crippen molar-refractivity contribution in [1.82, 2.24) is 20.1 Å². The summed E-state index contributed by atoms with van der Waals surface area (Å²) in [6.45, 7) is 8.27. The van der Waals surface area contributed by atoms with Crippen molar-refractivity contribution in [2.24, 2.45) is 0 Å². The highest BCUT2D eigenvalue weighted by molar-refractivity contribution is 5.91. The Morgan fingerprint density at radius 2 is 1.72 bits per heavy atom. The molecule has 2 heterocycles. The summed E-state index contributed by atoms with van der Waals surface area (Å²) in [6, 6.07) is 20.9. The van der Waals surface area contributed by atoms with Gasteiger partial charge in [0.2, 0.25) is 0 Å². The fourth-order valence-corrected chi connectivity index (χ4v) is 5.08. The van der Waals surface area contributed by atoms with Crippen molar-refractivity contribution < 1.29 is 19.1 Å².